The van der Waals surface area contributed by atoms with Crippen molar-refractivity contribution in [2.45, 2.75) is 25.8 Å². The number of methoxy groups -OCH3 is 2. The van der Waals surface area contributed by atoms with Crippen molar-refractivity contribution in [2.24, 2.45) is 5.92 Å². The highest BCUT2D eigenvalue weighted by Gasteiger charge is 2.24. The molecule has 2 aromatic rings. The van der Waals surface area contributed by atoms with Gasteiger partial charge in [-0.3, -0.25) is 4.79 Å². The summed E-state index contributed by atoms with van der Waals surface area (Å²) in [6.07, 6.45) is 2.13. The van der Waals surface area contributed by atoms with Crippen LogP contribution in [0.5, 0.6) is 11.5 Å². The van der Waals surface area contributed by atoms with E-state index in [0.717, 1.165) is 18.4 Å². The molecule has 0 radical (unpaired) electrons. The SMILES string of the molecule is COc1ccc(NC(=O)N2CCC(CC(=O)NCc3ccccc3)CC2)cc1OC. The third-order valence-corrected chi connectivity index (χ3v) is 5.34. The average molecular weight is 412 g/mol. The minimum atomic E-state index is -0.144. The monoisotopic (exact) mass is 411 g/mol. The molecule has 0 aromatic heterocycles. The van der Waals surface area contributed by atoms with Crippen molar-refractivity contribution < 1.29 is 19.1 Å². The number of anilines is 1. The molecule has 3 amide bonds. The highest BCUT2D eigenvalue weighted by molar-refractivity contribution is 5.89. The van der Waals surface area contributed by atoms with E-state index >= 15 is 0 Å². The Morgan fingerprint density at radius 2 is 1.70 bits per heavy atom. The molecule has 7 heteroatoms. The van der Waals surface area contributed by atoms with Gasteiger partial charge in [0.15, 0.2) is 11.5 Å². The van der Waals surface area contributed by atoms with Crippen LogP contribution in [0.3, 0.4) is 0 Å². The number of benzene rings is 2. The first-order valence-corrected chi connectivity index (χ1v) is 10.2. The molecule has 2 N–H and O–H groups in total. The van der Waals surface area contributed by atoms with Gasteiger partial charge < -0.3 is 25.0 Å². The molecule has 0 spiro atoms. The topological polar surface area (TPSA) is 79.9 Å². The fraction of sp³-hybridized carbons (Fsp3) is 0.391. The van der Waals surface area contributed by atoms with Crippen LogP contribution in [-0.4, -0.2) is 44.1 Å². The van der Waals surface area contributed by atoms with Crippen LogP contribution in [0.15, 0.2) is 48.5 Å². The Morgan fingerprint density at radius 1 is 1.00 bits per heavy atom. The molecule has 160 valence electrons. The summed E-state index contributed by atoms with van der Waals surface area (Å²) in [5, 5.41) is 5.88. The molecule has 1 aliphatic rings. The molecule has 7 nitrogen and oxygen atoms in total. The van der Waals surface area contributed by atoms with Crippen molar-refractivity contribution in [1.82, 2.24) is 10.2 Å². The zero-order valence-electron chi connectivity index (χ0n) is 17.5. The smallest absolute Gasteiger partial charge is 0.321 e. The summed E-state index contributed by atoms with van der Waals surface area (Å²) < 4.78 is 10.5. The van der Waals surface area contributed by atoms with Gasteiger partial charge in [0, 0.05) is 37.8 Å². The fourth-order valence-electron chi connectivity index (χ4n) is 3.59. The first-order valence-electron chi connectivity index (χ1n) is 10.2. The van der Waals surface area contributed by atoms with Crippen LogP contribution in [0.1, 0.15) is 24.8 Å². The van der Waals surface area contributed by atoms with E-state index in [0.29, 0.717) is 49.2 Å². The molecule has 1 aliphatic heterocycles. The minimum absolute atomic E-state index is 0.0621. The number of rotatable bonds is 7. The Hall–Kier alpha value is -3.22. The maximum Gasteiger partial charge on any atom is 0.321 e. The Balaban J connectivity index is 1.42. The molecule has 3 rings (SSSR count). The Bertz CT molecular complexity index is 849. The van der Waals surface area contributed by atoms with E-state index in [1.54, 1.807) is 37.3 Å². The molecule has 2 aromatic carbocycles. The van der Waals surface area contributed by atoms with E-state index in [1.807, 2.05) is 30.3 Å². The summed E-state index contributed by atoms with van der Waals surface area (Å²) in [6.45, 7) is 1.82. The van der Waals surface area contributed by atoms with Gasteiger partial charge in [-0.1, -0.05) is 30.3 Å². The second-order valence-electron chi connectivity index (χ2n) is 7.40. The maximum atomic E-state index is 12.6. The molecular weight excluding hydrogens is 382 g/mol. The lowest BCUT2D eigenvalue weighted by Crippen LogP contribution is -2.41. The van der Waals surface area contributed by atoms with Gasteiger partial charge >= 0.3 is 6.03 Å². The average Bonchev–Trinajstić information content (AvgIpc) is 2.78. The van der Waals surface area contributed by atoms with Crippen molar-refractivity contribution in [2.75, 3.05) is 32.6 Å². The molecule has 0 unspecified atom stereocenters. The van der Waals surface area contributed by atoms with Crippen molar-refractivity contribution in [3.8, 4) is 11.5 Å². The zero-order valence-corrected chi connectivity index (χ0v) is 17.5. The molecule has 0 aliphatic carbocycles. The van der Waals surface area contributed by atoms with E-state index in [-0.39, 0.29) is 11.9 Å². The summed E-state index contributed by atoms with van der Waals surface area (Å²) in [6, 6.07) is 15.0. The summed E-state index contributed by atoms with van der Waals surface area (Å²) in [5.74, 6) is 1.54. The van der Waals surface area contributed by atoms with Crippen LogP contribution in [0, 0.1) is 5.92 Å². The van der Waals surface area contributed by atoms with Gasteiger partial charge in [0.2, 0.25) is 5.91 Å². The number of hydrogen-bond donors (Lipinski definition) is 2. The Morgan fingerprint density at radius 3 is 2.37 bits per heavy atom. The second kappa shape index (κ2) is 10.5. The van der Waals surface area contributed by atoms with Gasteiger partial charge in [0.1, 0.15) is 0 Å². The van der Waals surface area contributed by atoms with Gasteiger partial charge in [0.05, 0.1) is 14.2 Å². The molecular formula is C23H29N3O4. The Kier molecular flexibility index (Phi) is 7.54. The predicted octanol–water partition coefficient (Wildman–Crippen LogP) is 3.65. The third kappa shape index (κ3) is 5.89. The van der Waals surface area contributed by atoms with Gasteiger partial charge in [-0.2, -0.15) is 0 Å². The number of hydrogen-bond acceptors (Lipinski definition) is 4. The zero-order chi connectivity index (χ0) is 21.3. The summed E-state index contributed by atoms with van der Waals surface area (Å²) in [7, 11) is 3.13. The lowest BCUT2D eigenvalue weighted by Gasteiger charge is -2.31. The normalized spacial score (nSPS) is 14.1. The fourth-order valence-corrected chi connectivity index (χ4v) is 3.59. The highest BCUT2D eigenvalue weighted by Crippen LogP contribution is 2.30. The molecule has 0 bridgehead atoms. The van der Waals surface area contributed by atoms with E-state index in [9.17, 15) is 9.59 Å². The van der Waals surface area contributed by atoms with Crippen LogP contribution in [0.25, 0.3) is 0 Å². The number of carbonyl (C=O) groups is 2. The van der Waals surface area contributed by atoms with Crippen LogP contribution in [0.4, 0.5) is 10.5 Å². The van der Waals surface area contributed by atoms with E-state index < -0.39 is 0 Å². The lowest BCUT2D eigenvalue weighted by molar-refractivity contribution is -0.122. The van der Waals surface area contributed by atoms with E-state index in [1.165, 1.54) is 0 Å². The van der Waals surface area contributed by atoms with Crippen molar-refractivity contribution in [3.63, 3.8) is 0 Å². The third-order valence-electron chi connectivity index (χ3n) is 5.34. The Labute approximate surface area is 177 Å². The molecule has 1 saturated heterocycles. The number of likely N-dealkylation sites (tertiary alicyclic amines) is 1. The largest absolute Gasteiger partial charge is 0.493 e. The highest BCUT2D eigenvalue weighted by atomic mass is 16.5. The number of ether oxygens (including phenoxy) is 2. The van der Waals surface area contributed by atoms with Crippen molar-refractivity contribution >= 4 is 17.6 Å². The van der Waals surface area contributed by atoms with Gasteiger partial charge in [-0.15, -0.1) is 0 Å². The molecule has 30 heavy (non-hydrogen) atoms. The molecule has 1 fully saturated rings. The quantitative estimate of drug-likeness (QED) is 0.729. The first kappa shape index (κ1) is 21.5. The van der Waals surface area contributed by atoms with Gasteiger partial charge in [-0.05, 0) is 36.5 Å². The maximum absolute atomic E-state index is 12.6. The van der Waals surface area contributed by atoms with Crippen LogP contribution < -0.4 is 20.1 Å². The summed E-state index contributed by atoms with van der Waals surface area (Å²) >= 11 is 0. The predicted molar refractivity (Wildman–Crippen MR) is 116 cm³/mol. The standard InChI is InChI=1S/C23H29N3O4/c1-29-20-9-8-19(15-21(20)30-2)25-23(28)26-12-10-17(11-13-26)14-22(27)24-16-18-6-4-3-5-7-18/h3-9,15,17H,10-14,16H2,1-2H3,(H,24,27)(H,25,28). The number of piperidine rings is 1. The number of nitrogens with zero attached hydrogens (tertiary/aromatic N) is 1. The van der Waals surface area contributed by atoms with Gasteiger partial charge in [0.25, 0.3) is 0 Å². The summed E-state index contributed by atoms with van der Waals surface area (Å²) in [5.41, 5.74) is 1.74. The number of amides is 3. The molecule has 1 heterocycles. The molecule has 0 atom stereocenters. The lowest BCUT2D eigenvalue weighted by atomic mass is 9.93. The van der Waals surface area contributed by atoms with Crippen LogP contribution in [0.2, 0.25) is 0 Å². The summed E-state index contributed by atoms with van der Waals surface area (Å²) in [4.78, 5) is 26.6. The van der Waals surface area contributed by atoms with Crippen molar-refractivity contribution in [3.05, 3.63) is 54.1 Å². The number of carbonyl (C=O) groups excluding carboxylic acids is 2. The number of nitrogens with one attached hydrogen (secondary N) is 2. The van der Waals surface area contributed by atoms with Crippen molar-refractivity contribution in [1.29, 1.82) is 0 Å². The van der Waals surface area contributed by atoms with Gasteiger partial charge in [-0.25, -0.2) is 4.79 Å². The van der Waals surface area contributed by atoms with E-state index in [4.69, 9.17) is 9.47 Å². The first-order chi connectivity index (χ1) is 14.6. The van der Waals surface area contributed by atoms with E-state index in [2.05, 4.69) is 10.6 Å². The van der Waals surface area contributed by atoms with Crippen LogP contribution >= 0.6 is 0 Å². The second-order valence-corrected chi connectivity index (χ2v) is 7.40. The number of urea groups is 1. The minimum Gasteiger partial charge on any atom is -0.493 e. The van der Waals surface area contributed by atoms with Crippen LogP contribution in [-0.2, 0) is 11.3 Å². The molecule has 0 saturated carbocycles.